The van der Waals surface area contributed by atoms with Crippen LogP contribution in [0.15, 0.2) is 0 Å². The zero-order valence-electron chi connectivity index (χ0n) is 11.5. The van der Waals surface area contributed by atoms with Crippen LogP contribution in [-0.4, -0.2) is 61.4 Å². The third kappa shape index (κ3) is 5.31. The number of nitrogens with two attached hydrogens (primary N) is 1. The van der Waals surface area contributed by atoms with Gasteiger partial charge < -0.3 is 10.5 Å². The summed E-state index contributed by atoms with van der Waals surface area (Å²) in [5, 5.41) is 0. The molecule has 2 N–H and O–H groups in total. The smallest absolute Gasteiger partial charge is 0.282 e. The molecule has 0 unspecified atom stereocenters. The summed E-state index contributed by atoms with van der Waals surface area (Å²) in [6.07, 6.45) is 0.408. The van der Waals surface area contributed by atoms with E-state index in [9.17, 15) is 8.42 Å². The quantitative estimate of drug-likeness (QED) is 0.680. The highest BCUT2D eigenvalue weighted by Crippen LogP contribution is 2.13. The summed E-state index contributed by atoms with van der Waals surface area (Å²) in [7, 11) is -3.44. The fraction of sp³-hybridized carbons (Fsp3) is 0.909. The molecule has 1 fully saturated rings. The molecule has 0 amide bonds. The molecule has 0 aromatic heterocycles. The highest BCUT2D eigenvalue weighted by atomic mass is 32.2. The predicted molar refractivity (Wildman–Crippen MR) is 79.1 cm³/mol. The molecule has 0 spiro atoms. The first-order chi connectivity index (χ1) is 8.84. The number of ether oxygens (including phenoxy) is 1. The van der Waals surface area contributed by atoms with Crippen LogP contribution < -0.4 is 5.73 Å². The highest BCUT2D eigenvalue weighted by molar-refractivity contribution is 7.86. The molecule has 0 aromatic carbocycles. The minimum Gasteiger partial charge on any atom is -0.393 e. The molecular formula is C11H23N3O3S2. The first-order valence-corrected chi connectivity index (χ1v) is 8.26. The van der Waals surface area contributed by atoms with E-state index >= 15 is 0 Å². The van der Waals surface area contributed by atoms with Gasteiger partial charge in [-0.1, -0.05) is 26.1 Å². The van der Waals surface area contributed by atoms with E-state index in [1.165, 1.54) is 8.61 Å². The molecule has 1 aliphatic rings. The lowest BCUT2D eigenvalue weighted by atomic mass is 10.2. The Morgan fingerprint density at radius 1 is 1.42 bits per heavy atom. The fourth-order valence-electron chi connectivity index (χ4n) is 1.88. The average molecular weight is 309 g/mol. The largest absolute Gasteiger partial charge is 0.393 e. The van der Waals surface area contributed by atoms with E-state index in [2.05, 4.69) is 0 Å². The van der Waals surface area contributed by atoms with E-state index in [1.54, 1.807) is 0 Å². The van der Waals surface area contributed by atoms with E-state index in [1.807, 2.05) is 13.8 Å². The normalized spacial score (nSPS) is 18.1. The van der Waals surface area contributed by atoms with Crippen LogP contribution in [0.4, 0.5) is 0 Å². The SMILES string of the molecule is CC(C)CN(CCC(N)=S)S(=O)(=O)N1CCOCC1. The second kappa shape index (κ2) is 7.49. The van der Waals surface area contributed by atoms with Gasteiger partial charge in [0.1, 0.15) is 0 Å². The van der Waals surface area contributed by atoms with Gasteiger partial charge in [0.25, 0.3) is 10.2 Å². The van der Waals surface area contributed by atoms with Crippen molar-refractivity contribution in [2.24, 2.45) is 11.7 Å². The Kier molecular flexibility index (Phi) is 6.61. The number of thiocarbonyl (C=S) groups is 1. The molecule has 1 aliphatic heterocycles. The molecule has 0 bridgehead atoms. The Morgan fingerprint density at radius 2 is 2.00 bits per heavy atom. The second-order valence-electron chi connectivity index (χ2n) is 4.99. The zero-order valence-corrected chi connectivity index (χ0v) is 13.2. The molecule has 112 valence electrons. The first-order valence-electron chi connectivity index (χ1n) is 6.45. The van der Waals surface area contributed by atoms with Gasteiger partial charge in [-0.25, -0.2) is 0 Å². The Hall–Kier alpha value is -0.280. The Labute approximate surface area is 121 Å². The van der Waals surface area contributed by atoms with Crippen molar-refractivity contribution >= 4 is 27.4 Å². The monoisotopic (exact) mass is 309 g/mol. The lowest BCUT2D eigenvalue weighted by Gasteiger charge is -2.32. The molecular weight excluding hydrogens is 286 g/mol. The molecule has 0 aromatic rings. The van der Waals surface area contributed by atoms with Crippen molar-refractivity contribution in [3.63, 3.8) is 0 Å². The summed E-state index contributed by atoms with van der Waals surface area (Å²) in [5.74, 6) is 0.252. The van der Waals surface area contributed by atoms with Crippen molar-refractivity contribution < 1.29 is 13.2 Å². The summed E-state index contributed by atoms with van der Waals surface area (Å²) < 4.78 is 33.2. The maximum absolute atomic E-state index is 12.5. The standard InChI is InChI=1S/C11H23N3O3S2/c1-10(2)9-14(4-3-11(12)18)19(15,16)13-5-7-17-8-6-13/h10H,3-9H2,1-2H3,(H2,12,18). The van der Waals surface area contributed by atoms with Gasteiger partial charge in [0.15, 0.2) is 0 Å². The number of nitrogens with zero attached hydrogens (tertiary/aromatic N) is 2. The number of rotatable bonds is 7. The van der Waals surface area contributed by atoms with Gasteiger partial charge in [0.2, 0.25) is 0 Å². The molecule has 6 nitrogen and oxygen atoms in total. The van der Waals surface area contributed by atoms with Crippen molar-refractivity contribution in [1.82, 2.24) is 8.61 Å². The minimum atomic E-state index is -3.44. The van der Waals surface area contributed by atoms with Crippen molar-refractivity contribution in [3.05, 3.63) is 0 Å². The molecule has 19 heavy (non-hydrogen) atoms. The fourth-order valence-corrected chi connectivity index (χ4v) is 3.72. The van der Waals surface area contributed by atoms with Gasteiger partial charge in [-0.2, -0.15) is 17.0 Å². The van der Waals surface area contributed by atoms with Gasteiger partial charge in [0.05, 0.1) is 18.2 Å². The average Bonchev–Trinajstić information content (AvgIpc) is 2.34. The molecule has 1 rings (SSSR count). The van der Waals surface area contributed by atoms with E-state index < -0.39 is 10.2 Å². The van der Waals surface area contributed by atoms with Gasteiger partial charge in [0, 0.05) is 32.6 Å². The van der Waals surface area contributed by atoms with Crippen LogP contribution >= 0.6 is 12.2 Å². The Balaban J connectivity index is 2.77. The predicted octanol–water partition coefficient (Wildman–Crippen LogP) is 0.198. The Bertz CT molecular complexity index is 392. The van der Waals surface area contributed by atoms with Crippen LogP contribution in [0.5, 0.6) is 0 Å². The van der Waals surface area contributed by atoms with Crippen molar-refractivity contribution in [2.45, 2.75) is 20.3 Å². The first kappa shape index (κ1) is 16.8. The Morgan fingerprint density at radius 3 is 2.47 bits per heavy atom. The summed E-state index contributed by atoms with van der Waals surface area (Å²) in [5.41, 5.74) is 5.47. The van der Waals surface area contributed by atoms with E-state index in [0.29, 0.717) is 50.8 Å². The van der Waals surface area contributed by atoms with Crippen molar-refractivity contribution in [3.8, 4) is 0 Å². The maximum Gasteiger partial charge on any atom is 0.282 e. The van der Waals surface area contributed by atoms with E-state index in [-0.39, 0.29) is 5.92 Å². The zero-order chi connectivity index (χ0) is 14.5. The van der Waals surface area contributed by atoms with Gasteiger partial charge in [-0.15, -0.1) is 0 Å². The van der Waals surface area contributed by atoms with Gasteiger partial charge >= 0.3 is 0 Å². The number of hydrogen-bond donors (Lipinski definition) is 1. The lowest BCUT2D eigenvalue weighted by Crippen LogP contribution is -2.50. The van der Waals surface area contributed by atoms with Crippen LogP contribution in [0.2, 0.25) is 0 Å². The molecule has 0 atom stereocenters. The minimum absolute atomic E-state index is 0.252. The topological polar surface area (TPSA) is 75.9 Å². The summed E-state index contributed by atoms with van der Waals surface area (Å²) in [6.45, 7) is 6.50. The molecule has 0 aliphatic carbocycles. The summed E-state index contributed by atoms with van der Waals surface area (Å²) >= 11 is 4.83. The van der Waals surface area contributed by atoms with Crippen LogP contribution in [0.1, 0.15) is 20.3 Å². The number of hydrogen-bond acceptors (Lipinski definition) is 4. The maximum atomic E-state index is 12.5. The molecule has 0 radical (unpaired) electrons. The molecule has 0 saturated carbocycles. The van der Waals surface area contributed by atoms with E-state index in [4.69, 9.17) is 22.7 Å². The molecule has 1 saturated heterocycles. The third-order valence-corrected chi connectivity index (χ3v) is 5.01. The summed E-state index contributed by atoms with van der Waals surface area (Å²) in [6, 6.07) is 0. The van der Waals surface area contributed by atoms with Crippen molar-refractivity contribution in [1.29, 1.82) is 0 Å². The van der Waals surface area contributed by atoms with Crippen LogP contribution in [0.25, 0.3) is 0 Å². The summed E-state index contributed by atoms with van der Waals surface area (Å²) in [4.78, 5) is 0.339. The second-order valence-corrected chi connectivity index (χ2v) is 7.44. The van der Waals surface area contributed by atoms with Crippen LogP contribution in [-0.2, 0) is 14.9 Å². The van der Waals surface area contributed by atoms with Gasteiger partial charge in [-0.3, -0.25) is 0 Å². The molecule has 1 heterocycles. The van der Waals surface area contributed by atoms with Gasteiger partial charge in [-0.05, 0) is 5.92 Å². The molecule has 8 heteroatoms. The van der Waals surface area contributed by atoms with Crippen LogP contribution in [0.3, 0.4) is 0 Å². The van der Waals surface area contributed by atoms with E-state index in [0.717, 1.165) is 0 Å². The third-order valence-electron chi connectivity index (χ3n) is 2.80. The van der Waals surface area contributed by atoms with Crippen molar-refractivity contribution in [2.75, 3.05) is 39.4 Å². The lowest BCUT2D eigenvalue weighted by molar-refractivity contribution is 0.0699. The van der Waals surface area contributed by atoms with Crippen LogP contribution in [0, 0.1) is 5.92 Å². The number of morpholine rings is 1. The highest BCUT2D eigenvalue weighted by Gasteiger charge is 2.31.